The molecule has 1 amide bonds. The maximum Gasteiger partial charge on any atom is 0.425 e. The fourth-order valence-electron chi connectivity index (χ4n) is 3.28. The van der Waals surface area contributed by atoms with E-state index in [4.69, 9.17) is 32.7 Å². The molecule has 1 N–H and O–H groups in total. The number of alkyl halides is 3. The minimum Gasteiger partial charge on any atom is -0.480 e. The van der Waals surface area contributed by atoms with Gasteiger partial charge in [0, 0.05) is 6.07 Å². The van der Waals surface area contributed by atoms with Crippen LogP contribution in [0.1, 0.15) is 23.1 Å². The molecule has 1 aliphatic heterocycles. The molecule has 1 aromatic heterocycles. The highest BCUT2D eigenvalue weighted by atomic mass is 35.5. The maximum atomic E-state index is 15.1. The lowest BCUT2D eigenvalue weighted by molar-refractivity contribution is -0.189. The monoisotopic (exact) mass is 534 g/mol. The number of rotatable bonds is 5. The van der Waals surface area contributed by atoms with Crippen LogP contribution in [0.15, 0.2) is 35.1 Å². The summed E-state index contributed by atoms with van der Waals surface area (Å²) in [5.74, 6) is -2.58. The molecule has 1 atom stereocenters. The van der Waals surface area contributed by atoms with Crippen LogP contribution in [0, 0.1) is 5.82 Å². The van der Waals surface area contributed by atoms with E-state index in [0.717, 1.165) is 6.07 Å². The maximum absolute atomic E-state index is 15.1. The molecule has 4 rings (SSSR count). The molecule has 8 nitrogen and oxygen atoms in total. The van der Waals surface area contributed by atoms with Gasteiger partial charge in [0.05, 0.1) is 34.4 Å². The first-order valence-corrected chi connectivity index (χ1v) is 10.8. The van der Waals surface area contributed by atoms with Crippen molar-refractivity contribution >= 4 is 34.8 Å². The van der Waals surface area contributed by atoms with Gasteiger partial charge < -0.3 is 14.8 Å². The number of fused-ring (bicyclic) bond motifs is 1. The predicted octanol–water partition coefficient (Wildman–Crippen LogP) is 4.59. The van der Waals surface area contributed by atoms with E-state index in [1.807, 2.05) is 0 Å². The van der Waals surface area contributed by atoms with Gasteiger partial charge in [0.15, 0.2) is 11.9 Å². The number of carbonyl (C=O) groups excluding carboxylic acids is 1. The van der Waals surface area contributed by atoms with E-state index in [1.54, 1.807) is 0 Å². The molecule has 0 radical (unpaired) electrons. The number of hydrogen-bond acceptors (Lipinski definition) is 5. The first-order chi connectivity index (χ1) is 16.5. The molecule has 3 aromatic rings. The van der Waals surface area contributed by atoms with Crippen molar-refractivity contribution in [1.82, 2.24) is 14.3 Å². The number of amides is 1. The van der Waals surface area contributed by atoms with Crippen molar-refractivity contribution < 1.29 is 31.8 Å². The van der Waals surface area contributed by atoms with E-state index in [9.17, 15) is 22.8 Å². The lowest BCUT2D eigenvalue weighted by Crippen LogP contribution is -2.32. The van der Waals surface area contributed by atoms with Crippen LogP contribution in [0.4, 0.5) is 23.2 Å². The summed E-state index contributed by atoms with van der Waals surface area (Å²) in [7, 11) is 0. The molecular formula is C21H16Cl2F4N4O4. The fourth-order valence-corrected chi connectivity index (χ4v) is 3.77. The Kier molecular flexibility index (Phi) is 6.80. The number of nitrogens with one attached hydrogen (secondary N) is 1. The molecule has 0 saturated carbocycles. The Bertz CT molecular complexity index is 1340. The van der Waals surface area contributed by atoms with Crippen molar-refractivity contribution in [3.63, 3.8) is 0 Å². The van der Waals surface area contributed by atoms with Gasteiger partial charge in [0.25, 0.3) is 5.91 Å². The fraction of sp³-hybridized carbons (Fsp3) is 0.286. The molecule has 35 heavy (non-hydrogen) atoms. The molecule has 0 bridgehead atoms. The Morgan fingerprint density at radius 1 is 1.26 bits per heavy atom. The van der Waals surface area contributed by atoms with Crippen molar-refractivity contribution in [3.8, 4) is 11.4 Å². The smallest absolute Gasteiger partial charge is 0.425 e. The number of halogens is 6. The van der Waals surface area contributed by atoms with Gasteiger partial charge >= 0.3 is 11.9 Å². The second-order valence-electron chi connectivity index (χ2n) is 7.47. The number of carbonyl (C=O) groups is 1. The molecule has 0 unspecified atom stereocenters. The highest BCUT2D eigenvalue weighted by molar-refractivity contribution is 6.40. The second-order valence-corrected chi connectivity index (χ2v) is 8.28. The molecule has 0 spiro atoms. The minimum atomic E-state index is -4.80. The number of anilines is 1. The second kappa shape index (κ2) is 9.51. The topological polar surface area (TPSA) is 87.4 Å². The lowest BCUT2D eigenvalue weighted by Gasteiger charge is -2.20. The largest absolute Gasteiger partial charge is 0.480 e. The molecule has 0 aliphatic carbocycles. The number of nitrogens with zero attached hydrogens (tertiary/aromatic N) is 3. The van der Waals surface area contributed by atoms with E-state index in [-0.39, 0.29) is 41.3 Å². The Balaban J connectivity index is 1.81. The van der Waals surface area contributed by atoms with Gasteiger partial charge in [0.1, 0.15) is 23.9 Å². The zero-order valence-corrected chi connectivity index (χ0v) is 19.3. The normalized spacial score (nSPS) is 14.4. The standard InChI is InChI=1S/C21H16Cl2F4N4O4/c1-10(21(25,26)27)35-16-8-15(31-20(33)30-5-6-34-9-17(30)29-31)14(24)7-11(16)19(32)28-18-12(22)3-2-4-13(18)23/h2-4,7-8,10H,5-6,9H2,1H3,(H,28,32)/t10-/m0/s1. The minimum absolute atomic E-state index is 0.00257. The van der Waals surface area contributed by atoms with Crippen LogP contribution in [0.5, 0.6) is 5.75 Å². The molecule has 0 saturated heterocycles. The number of hydrogen-bond donors (Lipinski definition) is 1. The van der Waals surface area contributed by atoms with Crippen LogP contribution >= 0.6 is 23.2 Å². The molecule has 0 fully saturated rings. The quantitative estimate of drug-likeness (QED) is 0.483. The van der Waals surface area contributed by atoms with Crippen LogP contribution in [0.3, 0.4) is 0 Å². The zero-order chi connectivity index (χ0) is 25.5. The first-order valence-electron chi connectivity index (χ1n) is 10.1. The van der Waals surface area contributed by atoms with E-state index < -0.39 is 46.7 Å². The summed E-state index contributed by atoms with van der Waals surface area (Å²) in [5, 5.41) is 6.45. The first kappa shape index (κ1) is 25.0. The van der Waals surface area contributed by atoms with Crippen LogP contribution in [-0.2, 0) is 17.9 Å². The van der Waals surface area contributed by atoms with Crippen LogP contribution in [0.2, 0.25) is 10.0 Å². The van der Waals surface area contributed by atoms with E-state index in [1.165, 1.54) is 22.8 Å². The summed E-state index contributed by atoms with van der Waals surface area (Å²) in [4.78, 5) is 25.6. The number of aromatic nitrogens is 3. The number of benzene rings is 2. The molecule has 1 aliphatic rings. The summed E-state index contributed by atoms with van der Waals surface area (Å²) in [5.41, 5.74) is -1.84. The van der Waals surface area contributed by atoms with Crippen molar-refractivity contribution in [2.24, 2.45) is 0 Å². The van der Waals surface area contributed by atoms with Crippen LogP contribution < -0.4 is 15.7 Å². The van der Waals surface area contributed by atoms with Gasteiger partial charge in [-0.2, -0.15) is 17.9 Å². The molecule has 186 valence electrons. The molecular weight excluding hydrogens is 519 g/mol. The molecule has 14 heteroatoms. The summed E-state index contributed by atoms with van der Waals surface area (Å²) in [6.07, 6.45) is -7.16. The Morgan fingerprint density at radius 3 is 2.57 bits per heavy atom. The van der Waals surface area contributed by atoms with Gasteiger partial charge in [-0.25, -0.2) is 9.18 Å². The van der Waals surface area contributed by atoms with E-state index >= 15 is 4.39 Å². The van der Waals surface area contributed by atoms with Crippen molar-refractivity contribution in [1.29, 1.82) is 0 Å². The highest BCUT2D eigenvalue weighted by Gasteiger charge is 2.39. The lowest BCUT2D eigenvalue weighted by atomic mass is 10.1. The third-order valence-corrected chi connectivity index (χ3v) is 5.75. The van der Waals surface area contributed by atoms with Crippen molar-refractivity contribution in [3.05, 3.63) is 68.1 Å². The summed E-state index contributed by atoms with van der Waals surface area (Å²) < 4.78 is 66.9. The summed E-state index contributed by atoms with van der Waals surface area (Å²) in [6.45, 7) is 1.12. The predicted molar refractivity (Wildman–Crippen MR) is 118 cm³/mol. The Labute approximate surface area is 204 Å². The average Bonchev–Trinajstić information content (AvgIpc) is 3.13. The van der Waals surface area contributed by atoms with Crippen LogP contribution in [-0.4, -0.2) is 39.1 Å². The Hall–Kier alpha value is -3.09. The van der Waals surface area contributed by atoms with Crippen LogP contribution in [0.25, 0.3) is 5.69 Å². The van der Waals surface area contributed by atoms with Gasteiger partial charge in [-0.1, -0.05) is 29.3 Å². The van der Waals surface area contributed by atoms with Gasteiger partial charge in [-0.3, -0.25) is 9.36 Å². The summed E-state index contributed by atoms with van der Waals surface area (Å²) in [6, 6.07) is 5.82. The molecule has 2 heterocycles. The average molecular weight is 535 g/mol. The van der Waals surface area contributed by atoms with Crippen molar-refractivity contribution in [2.45, 2.75) is 32.4 Å². The van der Waals surface area contributed by atoms with Gasteiger partial charge in [-0.15, -0.1) is 5.10 Å². The third-order valence-electron chi connectivity index (χ3n) is 5.12. The Morgan fingerprint density at radius 2 is 1.94 bits per heavy atom. The SMILES string of the molecule is C[C@H](Oc1cc(-n2nc3n(c2=O)CCOC3)c(F)cc1C(=O)Nc1c(Cl)cccc1Cl)C(F)(F)F. The highest BCUT2D eigenvalue weighted by Crippen LogP contribution is 2.34. The number of ether oxygens (including phenoxy) is 2. The van der Waals surface area contributed by atoms with Gasteiger partial charge in [-0.05, 0) is 25.1 Å². The van der Waals surface area contributed by atoms with Gasteiger partial charge in [0.2, 0.25) is 0 Å². The van der Waals surface area contributed by atoms with E-state index in [2.05, 4.69) is 10.4 Å². The molecule has 2 aromatic carbocycles. The van der Waals surface area contributed by atoms with Crippen molar-refractivity contribution in [2.75, 3.05) is 11.9 Å². The van der Waals surface area contributed by atoms with E-state index in [0.29, 0.717) is 17.7 Å². The summed E-state index contributed by atoms with van der Waals surface area (Å²) >= 11 is 12.1. The zero-order valence-electron chi connectivity index (χ0n) is 17.8. The number of para-hydroxylation sites is 1. The third kappa shape index (κ3) is 5.00.